The number of halogens is 1. The van der Waals surface area contributed by atoms with E-state index in [1.54, 1.807) is 6.92 Å². The van der Waals surface area contributed by atoms with Gasteiger partial charge < -0.3 is 10.1 Å². The van der Waals surface area contributed by atoms with Crippen LogP contribution in [0.2, 0.25) is 0 Å². The van der Waals surface area contributed by atoms with Crippen molar-refractivity contribution in [1.82, 2.24) is 9.38 Å². The van der Waals surface area contributed by atoms with Gasteiger partial charge in [-0.1, -0.05) is 28.1 Å². The van der Waals surface area contributed by atoms with Gasteiger partial charge in [0.1, 0.15) is 11.9 Å². The molecule has 4 rings (SSSR count). The first kappa shape index (κ1) is 20.9. The summed E-state index contributed by atoms with van der Waals surface area (Å²) >= 11 is 3.47. The lowest BCUT2D eigenvalue weighted by Gasteiger charge is -2.19. The van der Waals surface area contributed by atoms with Crippen LogP contribution in [-0.2, 0) is 16.0 Å². The standard InChI is InChI=1S/C24H21BrN4O2/c1-3-31-22(30)13-12-18-15(2)19(14-26)24-28-20-6-4-5-7-21(20)29(24)23(18)27-17-10-8-16(25)9-11-17/h4-11,27H,3,12-13H2,1-2H3. The molecule has 0 saturated heterocycles. The molecular weight excluding hydrogens is 456 g/mol. The highest BCUT2D eigenvalue weighted by Gasteiger charge is 2.21. The fourth-order valence-corrected chi connectivity index (χ4v) is 4.02. The number of aromatic nitrogens is 2. The zero-order chi connectivity index (χ0) is 22.0. The van der Waals surface area contributed by atoms with Crippen molar-refractivity contribution < 1.29 is 9.53 Å². The Labute approximate surface area is 188 Å². The Morgan fingerprint density at radius 1 is 1.23 bits per heavy atom. The van der Waals surface area contributed by atoms with Gasteiger partial charge in [0.2, 0.25) is 0 Å². The minimum Gasteiger partial charge on any atom is -0.466 e. The number of para-hydroxylation sites is 2. The van der Waals surface area contributed by atoms with Gasteiger partial charge in [0.05, 0.1) is 23.2 Å². The van der Waals surface area contributed by atoms with E-state index in [4.69, 9.17) is 9.72 Å². The Balaban J connectivity index is 1.96. The molecule has 0 fully saturated rings. The summed E-state index contributed by atoms with van der Waals surface area (Å²) in [5.74, 6) is 0.539. The molecule has 0 saturated carbocycles. The number of rotatable bonds is 6. The molecule has 0 unspecified atom stereocenters. The van der Waals surface area contributed by atoms with E-state index < -0.39 is 0 Å². The molecule has 0 amide bonds. The van der Waals surface area contributed by atoms with Crippen molar-refractivity contribution in [2.24, 2.45) is 0 Å². The van der Waals surface area contributed by atoms with Gasteiger partial charge in [-0.25, -0.2) is 4.98 Å². The Hall–Kier alpha value is -3.37. The lowest BCUT2D eigenvalue weighted by molar-refractivity contribution is -0.143. The van der Waals surface area contributed by atoms with Crippen molar-refractivity contribution in [3.8, 4) is 6.07 Å². The molecular formula is C24H21BrN4O2. The van der Waals surface area contributed by atoms with Crippen LogP contribution >= 0.6 is 15.9 Å². The number of pyridine rings is 1. The van der Waals surface area contributed by atoms with E-state index in [0.29, 0.717) is 24.2 Å². The summed E-state index contributed by atoms with van der Waals surface area (Å²) in [5.41, 5.74) is 5.41. The molecule has 0 aliphatic heterocycles. The number of ether oxygens (including phenoxy) is 1. The predicted octanol–water partition coefficient (Wildman–Crippen LogP) is 5.67. The molecule has 0 radical (unpaired) electrons. The number of esters is 1. The minimum atomic E-state index is -0.259. The second-order valence-electron chi connectivity index (χ2n) is 7.14. The molecule has 2 aromatic carbocycles. The van der Waals surface area contributed by atoms with Crippen LogP contribution in [0.25, 0.3) is 16.7 Å². The molecule has 1 N–H and O–H groups in total. The fraction of sp³-hybridized carbons (Fsp3) is 0.208. The number of anilines is 2. The quantitative estimate of drug-likeness (QED) is 0.362. The second kappa shape index (κ2) is 8.78. The van der Waals surface area contributed by atoms with E-state index in [-0.39, 0.29) is 12.4 Å². The number of imidazole rings is 1. The van der Waals surface area contributed by atoms with Crippen molar-refractivity contribution in [3.05, 3.63) is 69.7 Å². The van der Waals surface area contributed by atoms with Gasteiger partial charge in [0, 0.05) is 16.6 Å². The fourth-order valence-electron chi connectivity index (χ4n) is 3.75. The number of hydrogen-bond acceptors (Lipinski definition) is 5. The van der Waals surface area contributed by atoms with Gasteiger partial charge in [-0.2, -0.15) is 5.26 Å². The lowest BCUT2D eigenvalue weighted by atomic mass is 10.00. The molecule has 0 bridgehead atoms. The third kappa shape index (κ3) is 3.99. The number of nitrogens with one attached hydrogen (secondary N) is 1. The number of carbonyl (C=O) groups excluding carboxylic acids is 1. The Morgan fingerprint density at radius 3 is 2.68 bits per heavy atom. The zero-order valence-corrected chi connectivity index (χ0v) is 18.9. The van der Waals surface area contributed by atoms with E-state index in [1.807, 2.05) is 59.9 Å². The summed E-state index contributed by atoms with van der Waals surface area (Å²) in [7, 11) is 0. The Morgan fingerprint density at radius 2 is 1.97 bits per heavy atom. The topological polar surface area (TPSA) is 79.4 Å². The van der Waals surface area contributed by atoms with Crippen molar-refractivity contribution in [2.45, 2.75) is 26.7 Å². The summed E-state index contributed by atoms with van der Waals surface area (Å²) in [6, 6.07) is 18.0. The summed E-state index contributed by atoms with van der Waals surface area (Å²) in [6.45, 7) is 4.04. The van der Waals surface area contributed by atoms with Crippen LogP contribution in [0.3, 0.4) is 0 Å². The van der Waals surface area contributed by atoms with Gasteiger partial charge in [-0.3, -0.25) is 9.20 Å². The minimum absolute atomic E-state index is 0.229. The summed E-state index contributed by atoms with van der Waals surface area (Å²) < 4.78 is 8.08. The van der Waals surface area contributed by atoms with Crippen molar-refractivity contribution in [3.63, 3.8) is 0 Å². The van der Waals surface area contributed by atoms with Crippen LogP contribution in [0.15, 0.2) is 53.0 Å². The Bertz CT molecular complexity index is 1320. The number of nitriles is 1. The molecule has 6 nitrogen and oxygen atoms in total. The van der Waals surface area contributed by atoms with Crippen LogP contribution in [-0.4, -0.2) is 22.0 Å². The first-order valence-corrected chi connectivity index (χ1v) is 10.8. The van der Waals surface area contributed by atoms with Crippen LogP contribution in [0.4, 0.5) is 11.5 Å². The maximum absolute atomic E-state index is 12.1. The van der Waals surface area contributed by atoms with Crippen LogP contribution < -0.4 is 5.32 Å². The average molecular weight is 477 g/mol. The molecule has 156 valence electrons. The molecule has 0 spiro atoms. The molecule has 0 atom stereocenters. The molecule has 4 aromatic rings. The second-order valence-corrected chi connectivity index (χ2v) is 8.05. The van der Waals surface area contributed by atoms with E-state index in [0.717, 1.165) is 38.1 Å². The third-order valence-electron chi connectivity index (χ3n) is 5.22. The summed E-state index contributed by atoms with van der Waals surface area (Å²) in [6.07, 6.45) is 0.674. The Kier molecular flexibility index (Phi) is 5.92. The third-order valence-corrected chi connectivity index (χ3v) is 5.75. The average Bonchev–Trinajstić information content (AvgIpc) is 3.14. The number of hydrogen-bond donors (Lipinski definition) is 1. The van der Waals surface area contributed by atoms with E-state index in [1.165, 1.54) is 0 Å². The van der Waals surface area contributed by atoms with Crippen molar-refractivity contribution in [2.75, 3.05) is 11.9 Å². The SMILES string of the molecule is CCOC(=O)CCc1c(C)c(C#N)c2nc3ccccc3n2c1Nc1ccc(Br)cc1. The van der Waals surface area contributed by atoms with Gasteiger partial charge in [0.25, 0.3) is 0 Å². The number of benzene rings is 2. The van der Waals surface area contributed by atoms with Crippen LogP contribution in [0, 0.1) is 18.3 Å². The van der Waals surface area contributed by atoms with E-state index in [9.17, 15) is 10.1 Å². The van der Waals surface area contributed by atoms with Crippen LogP contribution in [0.5, 0.6) is 0 Å². The monoisotopic (exact) mass is 476 g/mol. The van der Waals surface area contributed by atoms with Gasteiger partial charge in [-0.15, -0.1) is 0 Å². The maximum Gasteiger partial charge on any atom is 0.306 e. The van der Waals surface area contributed by atoms with Gasteiger partial charge in [-0.05, 0) is 67.8 Å². The van der Waals surface area contributed by atoms with Gasteiger partial charge in [0.15, 0.2) is 5.65 Å². The summed E-state index contributed by atoms with van der Waals surface area (Å²) in [5, 5.41) is 13.4. The number of carbonyl (C=O) groups is 1. The first-order valence-electron chi connectivity index (χ1n) is 10.0. The molecule has 2 heterocycles. The summed E-state index contributed by atoms with van der Waals surface area (Å²) in [4.78, 5) is 16.8. The zero-order valence-electron chi connectivity index (χ0n) is 17.3. The molecule has 2 aromatic heterocycles. The number of fused-ring (bicyclic) bond motifs is 3. The smallest absolute Gasteiger partial charge is 0.306 e. The normalized spacial score (nSPS) is 10.9. The van der Waals surface area contributed by atoms with Crippen molar-refractivity contribution >= 4 is 50.1 Å². The maximum atomic E-state index is 12.1. The highest BCUT2D eigenvalue weighted by atomic mass is 79.9. The molecule has 7 heteroatoms. The highest BCUT2D eigenvalue weighted by molar-refractivity contribution is 9.10. The lowest BCUT2D eigenvalue weighted by Crippen LogP contribution is -2.11. The highest BCUT2D eigenvalue weighted by Crippen LogP contribution is 2.33. The first-order chi connectivity index (χ1) is 15.0. The molecule has 0 aliphatic carbocycles. The molecule has 0 aliphatic rings. The van der Waals surface area contributed by atoms with E-state index >= 15 is 0 Å². The van der Waals surface area contributed by atoms with E-state index in [2.05, 4.69) is 27.3 Å². The van der Waals surface area contributed by atoms with Gasteiger partial charge >= 0.3 is 5.97 Å². The molecule has 31 heavy (non-hydrogen) atoms. The van der Waals surface area contributed by atoms with Crippen LogP contribution in [0.1, 0.15) is 30.0 Å². The van der Waals surface area contributed by atoms with Crippen molar-refractivity contribution in [1.29, 1.82) is 5.26 Å². The number of nitrogens with zero attached hydrogens (tertiary/aromatic N) is 3. The predicted molar refractivity (Wildman–Crippen MR) is 125 cm³/mol. The largest absolute Gasteiger partial charge is 0.466 e.